The molecule has 42 heavy (non-hydrogen) atoms. The van der Waals surface area contributed by atoms with Gasteiger partial charge in [-0.1, -0.05) is 220 Å². The van der Waals surface area contributed by atoms with E-state index < -0.39 is 0 Å². The van der Waals surface area contributed by atoms with E-state index >= 15 is 0 Å². The minimum Gasteiger partial charge on any atom is -0.466 e. The van der Waals surface area contributed by atoms with E-state index in [-0.39, 0.29) is 5.97 Å². The lowest BCUT2D eigenvalue weighted by Gasteiger charge is -2.06. The summed E-state index contributed by atoms with van der Waals surface area (Å²) >= 11 is 0. The number of hydrogen-bond acceptors (Lipinski definition) is 2. The van der Waals surface area contributed by atoms with Crippen LogP contribution in [-0.4, -0.2) is 12.6 Å². The molecule has 2 heteroatoms. The maximum atomic E-state index is 12.0. The Balaban J connectivity index is 3.14. The maximum Gasteiger partial charge on any atom is 0.305 e. The fourth-order valence-corrected chi connectivity index (χ4v) is 6.21. The summed E-state index contributed by atoms with van der Waals surface area (Å²) in [5.74, 6) is 0.910. The van der Waals surface area contributed by atoms with Gasteiger partial charge in [0.25, 0.3) is 0 Å². The Morgan fingerprint density at radius 1 is 0.405 bits per heavy atom. The molecule has 0 amide bonds. The second kappa shape index (κ2) is 36.7. The molecule has 0 aliphatic carbocycles. The van der Waals surface area contributed by atoms with Crippen LogP contribution in [0.5, 0.6) is 0 Å². The highest BCUT2D eigenvalue weighted by atomic mass is 16.5. The van der Waals surface area contributed by atoms with E-state index in [1.807, 2.05) is 0 Å². The Morgan fingerprint density at radius 3 is 1.02 bits per heavy atom. The lowest BCUT2D eigenvalue weighted by atomic mass is 10.0. The van der Waals surface area contributed by atoms with Crippen molar-refractivity contribution in [2.24, 2.45) is 5.92 Å². The molecular weight excluding hydrogens is 512 g/mol. The van der Waals surface area contributed by atoms with Crippen LogP contribution in [0.3, 0.4) is 0 Å². The minimum atomic E-state index is 0.0294. The van der Waals surface area contributed by atoms with E-state index in [2.05, 4.69) is 20.8 Å². The molecule has 0 N–H and O–H groups in total. The van der Waals surface area contributed by atoms with E-state index in [1.54, 1.807) is 0 Å². The van der Waals surface area contributed by atoms with Gasteiger partial charge in [-0.05, 0) is 18.8 Å². The molecule has 0 saturated heterocycles. The third-order valence-electron chi connectivity index (χ3n) is 9.17. The van der Waals surface area contributed by atoms with Gasteiger partial charge in [0, 0.05) is 6.42 Å². The Morgan fingerprint density at radius 2 is 0.690 bits per heavy atom. The Bertz CT molecular complexity index is 500. The second-order valence-corrected chi connectivity index (χ2v) is 14.1. The largest absolute Gasteiger partial charge is 0.466 e. The summed E-state index contributed by atoms with van der Waals surface area (Å²) in [7, 11) is 0. The molecule has 0 unspecified atom stereocenters. The summed E-state index contributed by atoms with van der Waals surface area (Å²) in [5.41, 5.74) is 0. The van der Waals surface area contributed by atoms with Crippen molar-refractivity contribution in [3.05, 3.63) is 0 Å². The number of esters is 1. The molecule has 0 aromatic carbocycles. The van der Waals surface area contributed by atoms with Crippen LogP contribution in [0.4, 0.5) is 0 Å². The van der Waals surface area contributed by atoms with Crippen molar-refractivity contribution >= 4 is 5.97 Å². The molecule has 0 spiro atoms. The van der Waals surface area contributed by atoms with Crippen LogP contribution in [0, 0.1) is 5.92 Å². The molecule has 0 radical (unpaired) electrons. The molecule has 2 nitrogen and oxygen atoms in total. The first kappa shape index (κ1) is 41.5. The zero-order chi connectivity index (χ0) is 30.6. The van der Waals surface area contributed by atoms with Crippen molar-refractivity contribution in [1.82, 2.24) is 0 Å². The average Bonchev–Trinajstić information content (AvgIpc) is 2.98. The monoisotopic (exact) mass is 593 g/mol. The number of rotatable bonds is 36. The van der Waals surface area contributed by atoms with E-state index in [0.717, 1.165) is 18.8 Å². The number of carbonyl (C=O) groups excluding carboxylic acids is 1. The number of unbranched alkanes of at least 4 members (excludes halogenated alkanes) is 30. The molecule has 0 aliphatic rings. The standard InChI is InChI=1S/C40H80O2/c1-4-5-6-7-8-9-10-11-15-19-22-25-28-31-34-37-40(41)42-38-35-32-29-26-23-20-17-14-12-13-16-18-21-24-27-30-33-36-39(2)3/h39H,4-38H2,1-3H3. The van der Waals surface area contributed by atoms with E-state index in [4.69, 9.17) is 4.74 Å². The average molecular weight is 593 g/mol. The molecule has 0 heterocycles. The highest BCUT2D eigenvalue weighted by Crippen LogP contribution is 2.16. The van der Waals surface area contributed by atoms with E-state index in [1.165, 1.54) is 199 Å². The van der Waals surface area contributed by atoms with Gasteiger partial charge in [-0.15, -0.1) is 0 Å². The predicted molar refractivity (Wildman–Crippen MR) is 188 cm³/mol. The Kier molecular flexibility index (Phi) is 36.2. The van der Waals surface area contributed by atoms with Gasteiger partial charge in [0.2, 0.25) is 0 Å². The molecule has 252 valence electrons. The molecule has 0 aliphatic heterocycles. The predicted octanol–water partition coefficient (Wildman–Crippen LogP) is 14.5. The second-order valence-electron chi connectivity index (χ2n) is 14.1. The molecule has 0 rings (SSSR count). The topological polar surface area (TPSA) is 26.3 Å². The normalized spacial score (nSPS) is 11.5. The van der Waals surface area contributed by atoms with Crippen LogP contribution in [0.25, 0.3) is 0 Å². The molecule has 0 aromatic heterocycles. The van der Waals surface area contributed by atoms with E-state index in [0.29, 0.717) is 13.0 Å². The van der Waals surface area contributed by atoms with Crippen molar-refractivity contribution in [3.63, 3.8) is 0 Å². The SMILES string of the molecule is CCCCCCCCCCCCCCCCCC(=O)OCCCCCCCCCCCCCCCCCCCC(C)C. The summed E-state index contributed by atoms with van der Waals surface area (Å²) in [6, 6.07) is 0. The Labute approximate surface area is 266 Å². The third kappa shape index (κ3) is 37.5. The number of carbonyl (C=O) groups is 1. The highest BCUT2D eigenvalue weighted by Gasteiger charge is 2.03. The van der Waals surface area contributed by atoms with Crippen molar-refractivity contribution in [2.45, 2.75) is 239 Å². The summed E-state index contributed by atoms with van der Waals surface area (Å²) in [4.78, 5) is 12.0. The molecule has 0 saturated carbocycles. The van der Waals surface area contributed by atoms with Gasteiger partial charge in [-0.2, -0.15) is 0 Å². The first-order chi connectivity index (χ1) is 20.7. The van der Waals surface area contributed by atoms with Gasteiger partial charge in [0.05, 0.1) is 6.61 Å². The zero-order valence-electron chi connectivity index (χ0n) is 29.6. The molecule has 0 aromatic rings. The fourth-order valence-electron chi connectivity index (χ4n) is 6.21. The lowest BCUT2D eigenvalue weighted by molar-refractivity contribution is -0.143. The van der Waals surface area contributed by atoms with Gasteiger partial charge < -0.3 is 4.74 Å². The Hall–Kier alpha value is -0.530. The van der Waals surface area contributed by atoms with Crippen LogP contribution >= 0.6 is 0 Å². The molecule has 0 fully saturated rings. The quantitative estimate of drug-likeness (QED) is 0.0534. The maximum absolute atomic E-state index is 12.0. The van der Waals surface area contributed by atoms with Gasteiger partial charge >= 0.3 is 5.97 Å². The lowest BCUT2D eigenvalue weighted by Crippen LogP contribution is -2.05. The van der Waals surface area contributed by atoms with Crippen LogP contribution < -0.4 is 0 Å². The number of hydrogen-bond donors (Lipinski definition) is 0. The summed E-state index contributed by atoms with van der Waals surface area (Å²) in [6.45, 7) is 7.60. The molecule has 0 bridgehead atoms. The summed E-state index contributed by atoms with van der Waals surface area (Å²) < 4.78 is 5.46. The molecule has 0 atom stereocenters. The van der Waals surface area contributed by atoms with Gasteiger partial charge in [0.1, 0.15) is 0 Å². The number of ether oxygens (including phenoxy) is 1. The van der Waals surface area contributed by atoms with Crippen molar-refractivity contribution in [1.29, 1.82) is 0 Å². The van der Waals surface area contributed by atoms with Crippen LogP contribution in [-0.2, 0) is 9.53 Å². The van der Waals surface area contributed by atoms with Crippen molar-refractivity contribution < 1.29 is 9.53 Å². The smallest absolute Gasteiger partial charge is 0.305 e. The summed E-state index contributed by atoms with van der Waals surface area (Å²) in [5, 5.41) is 0. The third-order valence-corrected chi connectivity index (χ3v) is 9.17. The van der Waals surface area contributed by atoms with Crippen LogP contribution in [0.2, 0.25) is 0 Å². The van der Waals surface area contributed by atoms with Gasteiger partial charge in [0.15, 0.2) is 0 Å². The zero-order valence-corrected chi connectivity index (χ0v) is 29.6. The van der Waals surface area contributed by atoms with Crippen molar-refractivity contribution in [2.75, 3.05) is 6.61 Å². The fraction of sp³-hybridized carbons (Fsp3) is 0.975. The van der Waals surface area contributed by atoms with Crippen LogP contribution in [0.15, 0.2) is 0 Å². The van der Waals surface area contributed by atoms with Crippen LogP contribution in [0.1, 0.15) is 239 Å². The molecular formula is C40H80O2. The first-order valence-electron chi connectivity index (χ1n) is 19.8. The summed E-state index contributed by atoms with van der Waals surface area (Å²) in [6.07, 6.45) is 46.1. The van der Waals surface area contributed by atoms with E-state index in [9.17, 15) is 4.79 Å². The van der Waals surface area contributed by atoms with Gasteiger partial charge in [-0.3, -0.25) is 4.79 Å². The van der Waals surface area contributed by atoms with Gasteiger partial charge in [-0.25, -0.2) is 0 Å². The first-order valence-corrected chi connectivity index (χ1v) is 19.8. The van der Waals surface area contributed by atoms with Crippen molar-refractivity contribution in [3.8, 4) is 0 Å². The highest BCUT2D eigenvalue weighted by molar-refractivity contribution is 5.69. The minimum absolute atomic E-state index is 0.0294.